The molecular formula is C19H14ClN5O2. The lowest BCUT2D eigenvalue weighted by Crippen LogP contribution is -2.29. The van der Waals surface area contributed by atoms with Gasteiger partial charge in [-0.1, -0.05) is 35.9 Å². The molecule has 0 fully saturated rings. The average Bonchev–Trinajstić information content (AvgIpc) is 3.18. The highest BCUT2D eigenvalue weighted by Gasteiger charge is 2.14. The van der Waals surface area contributed by atoms with E-state index in [2.05, 4.69) is 15.5 Å². The van der Waals surface area contributed by atoms with Crippen molar-refractivity contribution in [2.75, 3.05) is 5.32 Å². The van der Waals surface area contributed by atoms with Gasteiger partial charge in [-0.05, 0) is 24.3 Å². The topological polar surface area (TPSA) is 81.8 Å². The lowest BCUT2D eigenvalue weighted by atomic mass is 10.2. The van der Waals surface area contributed by atoms with Crippen molar-refractivity contribution in [3.63, 3.8) is 0 Å². The summed E-state index contributed by atoms with van der Waals surface area (Å²) in [5.74, 6) is -0.393. The van der Waals surface area contributed by atoms with Gasteiger partial charge in [0, 0.05) is 17.8 Å². The molecule has 0 unspecified atom stereocenters. The van der Waals surface area contributed by atoms with Crippen molar-refractivity contribution in [2.24, 2.45) is 0 Å². The number of amides is 1. The van der Waals surface area contributed by atoms with E-state index in [1.165, 1.54) is 0 Å². The first kappa shape index (κ1) is 17.0. The summed E-state index contributed by atoms with van der Waals surface area (Å²) in [6, 6.07) is 14.0. The fourth-order valence-corrected chi connectivity index (χ4v) is 3.08. The number of fused-ring (bicyclic) bond motifs is 1. The molecule has 1 N–H and O–H groups in total. The minimum atomic E-state index is -0.393. The average molecular weight is 380 g/mol. The predicted molar refractivity (Wildman–Crippen MR) is 103 cm³/mol. The largest absolute Gasteiger partial charge is 0.323 e. The Morgan fingerprint density at radius 3 is 2.74 bits per heavy atom. The van der Waals surface area contributed by atoms with Crippen LogP contribution in [0.2, 0.25) is 5.02 Å². The first-order chi connectivity index (χ1) is 13.1. The van der Waals surface area contributed by atoms with E-state index in [0.29, 0.717) is 21.8 Å². The Hall–Kier alpha value is -3.45. The zero-order valence-corrected chi connectivity index (χ0v) is 14.8. The Balaban J connectivity index is 1.62. The van der Waals surface area contributed by atoms with Crippen LogP contribution in [-0.4, -0.2) is 25.5 Å². The van der Waals surface area contributed by atoms with Crippen molar-refractivity contribution < 1.29 is 4.79 Å². The molecule has 0 atom stereocenters. The maximum atomic E-state index is 12.5. The van der Waals surface area contributed by atoms with Crippen molar-refractivity contribution >= 4 is 34.0 Å². The highest BCUT2D eigenvalue weighted by atomic mass is 35.5. The molecule has 0 bridgehead atoms. The van der Waals surface area contributed by atoms with Gasteiger partial charge in [-0.3, -0.25) is 9.59 Å². The molecule has 27 heavy (non-hydrogen) atoms. The van der Waals surface area contributed by atoms with Gasteiger partial charge >= 0.3 is 0 Å². The first-order valence-electron chi connectivity index (χ1n) is 8.17. The minimum Gasteiger partial charge on any atom is -0.323 e. The van der Waals surface area contributed by atoms with Crippen molar-refractivity contribution in [1.82, 2.24) is 19.6 Å². The number of nitrogens with one attached hydrogen (secondary N) is 1. The number of halogens is 1. The van der Waals surface area contributed by atoms with Gasteiger partial charge in [0.25, 0.3) is 5.56 Å². The summed E-state index contributed by atoms with van der Waals surface area (Å²) in [5.41, 5.74) is 0.725. The molecular weight excluding hydrogens is 366 g/mol. The monoisotopic (exact) mass is 379 g/mol. The standard InChI is InChI=1S/C19H14ClN5O2/c20-15-7-3-8-16(18(15)24-10-4-9-21-24)23-17(26)12-25-19(27)14-6-2-1-5-13(14)11-22-25/h1-11H,12H2,(H,23,26). The zero-order chi connectivity index (χ0) is 18.8. The second kappa shape index (κ2) is 7.05. The molecule has 0 aliphatic carbocycles. The van der Waals surface area contributed by atoms with Crippen LogP contribution in [0.4, 0.5) is 5.69 Å². The number of rotatable bonds is 4. The maximum Gasteiger partial charge on any atom is 0.275 e. The van der Waals surface area contributed by atoms with Gasteiger partial charge in [0.15, 0.2) is 0 Å². The molecule has 0 radical (unpaired) electrons. The Labute approximate surface area is 158 Å². The van der Waals surface area contributed by atoms with Crippen LogP contribution in [0.1, 0.15) is 0 Å². The summed E-state index contributed by atoms with van der Waals surface area (Å²) in [5, 5.41) is 12.7. The van der Waals surface area contributed by atoms with Crippen molar-refractivity contribution in [3.05, 3.63) is 82.5 Å². The summed E-state index contributed by atoms with van der Waals surface area (Å²) in [6.07, 6.45) is 4.91. The Morgan fingerprint density at radius 2 is 1.93 bits per heavy atom. The SMILES string of the molecule is O=C(Cn1ncc2ccccc2c1=O)Nc1cccc(Cl)c1-n1cccn1. The lowest BCUT2D eigenvalue weighted by Gasteiger charge is -2.13. The van der Waals surface area contributed by atoms with E-state index in [9.17, 15) is 9.59 Å². The molecule has 4 rings (SSSR count). The molecule has 0 saturated carbocycles. The van der Waals surface area contributed by atoms with Crippen LogP contribution in [0, 0.1) is 0 Å². The van der Waals surface area contributed by atoms with Gasteiger partial charge in [-0.2, -0.15) is 10.2 Å². The molecule has 0 saturated heterocycles. The normalized spacial score (nSPS) is 10.9. The van der Waals surface area contributed by atoms with Gasteiger partial charge in [-0.15, -0.1) is 0 Å². The molecule has 4 aromatic rings. The Kier molecular flexibility index (Phi) is 4.43. The highest BCUT2D eigenvalue weighted by Crippen LogP contribution is 2.27. The van der Waals surface area contributed by atoms with Crippen LogP contribution >= 0.6 is 11.6 Å². The highest BCUT2D eigenvalue weighted by molar-refractivity contribution is 6.33. The first-order valence-corrected chi connectivity index (χ1v) is 8.54. The fraction of sp³-hybridized carbons (Fsp3) is 0.0526. The quantitative estimate of drug-likeness (QED) is 0.591. The zero-order valence-electron chi connectivity index (χ0n) is 14.0. The molecule has 8 heteroatoms. The third-order valence-electron chi connectivity index (χ3n) is 4.05. The van der Waals surface area contributed by atoms with E-state index < -0.39 is 5.91 Å². The second-order valence-corrected chi connectivity index (χ2v) is 6.24. The fourth-order valence-electron chi connectivity index (χ4n) is 2.82. The van der Waals surface area contributed by atoms with Gasteiger partial charge in [0.2, 0.25) is 5.91 Å². The minimum absolute atomic E-state index is 0.214. The summed E-state index contributed by atoms with van der Waals surface area (Å²) >= 11 is 6.28. The number of anilines is 1. The van der Waals surface area contributed by atoms with Crippen LogP contribution in [0.25, 0.3) is 16.5 Å². The van der Waals surface area contributed by atoms with Crippen LogP contribution in [-0.2, 0) is 11.3 Å². The van der Waals surface area contributed by atoms with Crippen molar-refractivity contribution in [3.8, 4) is 5.69 Å². The molecule has 1 amide bonds. The number of carbonyl (C=O) groups excluding carboxylic acids is 1. The number of aromatic nitrogens is 4. The lowest BCUT2D eigenvalue weighted by molar-refractivity contribution is -0.117. The van der Waals surface area contributed by atoms with E-state index in [1.54, 1.807) is 65.7 Å². The van der Waals surface area contributed by atoms with Gasteiger partial charge < -0.3 is 5.32 Å². The van der Waals surface area contributed by atoms with Crippen molar-refractivity contribution in [2.45, 2.75) is 6.54 Å². The number of hydrogen-bond donors (Lipinski definition) is 1. The van der Waals surface area contributed by atoms with Crippen LogP contribution in [0.3, 0.4) is 0 Å². The summed E-state index contributed by atoms with van der Waals surface area (Å²) in [6.45, 7) is -0.214. The number of para-hydroxylation sites is 1. The van der Waals surface area contributed by atoms with Gasteiger partial charge in [0.1, 0.15) is 12.2 Å². The van der Waals surface area contributed by atoms with E-state index in [0.717, 1.165) is 10.1 Å². The molecule has 2 heterocycles. The molecule has 2 aromatic heterocycles. The molecule has 0 spiro atoms. The van der Waals surface area contributed by atoms with Crippen LogP contribution < -0.4 is 10.9 Å². The Bertz CT molecular complexity index is 1180. The van der Waals surface area contributed by atoms with E-state index in [1.807, 2.05) is 6.07 Å². The van der Waals surface area contributed by atoms with Crippen LogP contribution in [0.15, 0.2) is 71.9 Å². The number of hydrogen-bond acceptors (Lipinski definition) is 4. The van der Waals surface area contributed by atoms with Crippen molar-refractivity contribution in [1.29, 1.82) is 0 Å². The molecule has 7 nitrogen and oxygen atoms in total. The van der Waals surface area contributed by atoms with E-state index >= 15 is 0 Å². The van der Waals surface area contributed by atoms with E-state index in [-0.39, 0.29) is 12.1 Å². The Morgan fingerprint density at radius 1 is 1.07 bits per heavy atom. The van der Waals surface area contributed by atoms with Gasteiger partial charge in [0.05, 0.1) is 22.3 Å². The predicted octanol–water partition coefficient (Wildman–Crippen LogP) is 2.87. The summed E-state index contributed by atoms with van der Waals surface area (Å²) < 4.78 is 2.70. The molecule has 0 aliphatic rings. The third-order valence-corrected chi connectivity index (χ3v) is 4.35. The number of nitrogens with zero attached hydrogens (tertiary/aromatic N) is 4. The second-order valence-electron chi connectivity index (χ2n) is 5.83. The summed E-state index contributed by atoms with van der Waals surface area (Å²) in [7, 11) is 0. The number of benzene rings is 2. The smallest absolute Gasteiger partial charge is 0.275 e. The third kappa shape index (κ3) is 3.32. The molecule has 2 aromatic carbocycles. The summed E-state index contributed by atoms with van der Waals surface area (Å²) in [4.78, 5) is 25.0. The molecule has 134 valence electrons. The van der Waals surface area contributed by atoms with Gasteiger partial charge in [-0.25, -0.2) is 9.36 Å². The molecule has 0 aliphatic heterocycles. The van der Waals surface area contributed by atoms with Crippen LogP contribution in [0.5, 0.6) is 0 Å². The number of carbonyl (C=O) groups is 1. The van der Waals surface area contributed by atoms with E-state index in [4.69, 9.17) is 11.6 Å². The maximum absolute atomic E-state index is 12.5.